The molecule has 0 spiro atoms. The van der Waals surface area contributed by atoms with Crippen LogP contribution in [0.4, 0.5) is 4.39 Å². The first-order valence-electron chi connectivity index (χ1n) is 10.3. The fourth-order valence-electron chi connectivity index (χ4n) is 4.17. The summed E-state index contributed by atoms with van der Waals surface area (Å²) in [5.41, 5.74) is 0.577. The highest BCUT2D eigenvalue weighted by Crippen LogP contribution is 2.42. The SMILES string of the molecule is Cc1cc(C(=O)N2CCC3(c4ccccc4)OCOC3C2)ccc1OCC(C)(C)F. The summed E-state index contributed by atoms with van der Waals surface area (Å²) < 4.78 is 31.2. The minimum atomic E-state index is -1.41. The predicted molar refractivity (Wildman–Crippen MR) is 111 cm³/mol. The minimum absolute atomic E-state index is 0.0339. The first kappa shape index (κ1) is 20.8. The Hall–Kier alpha value is -2.44. The number of alkyl halides is 1. The van der Waals surface area contributed by atoms with Gasteiger partial charge in [-0.2, -0.15) is 0 Å². The molecule has 1 amide bonds. The molecule has 30 heavy (non-hydrogen) atoms. The number of likely N-dealkylation sites (tertiary alicyclic amines) is 1. The lowest BCUT2D eigenvalue weighted by Crippen LogP contribution is -2.53. The number of hydrogen-bond acceptors (Lipinski definition) is 4. The van der Waals surface area contributed by atoms with Gasteiger partial charge in [0.15, 0.2) is 0 Å². The lowest BCUT2D eigenvalue weighted by molar-refractivity contribution is -0.0439. The van der Waals surface area contributed by atoms with E-state index >= 15 is 0 Å². The van der Waals surface area contributed by atoms with Crippen LogP contribution in [0, 0.1) is 6.92 Å². The van der Waals surface area contributed by atoms with E-state index in [9.17, 15) is 9.18 Å². The Bertz CT molecular complexity index is 911. The number of rotatable bonds is 5. The lowest BCUT2D eigenvalue weighted by atomic mass is 9.82. The van der Waals surface area contributed by atoms with Crippen LogP contribution in [-0.4, -0.2) is 49.1 Å². The van der Waals surface area contributed by atoms with Crippen molar-refractivity contribution in [2.75, 3.05) is 26.5 Å². The summed E-state index contributed by atoms with van der Waals surface area (Å²) in [6.45, 7) is 6.07. The van der Waals surface area contributed by atoms with Crippen molar-refractivity contribution in [2.24, 2.45) is 0 Å². The molecule has 0 saturated carbocycles. The topological polar surface area (TPSA) is 48.0 Å². The second kappa shape index (κ2) is 8.00. The minimum Gasteiger partial charge on any atom is -0.490 e. The summed E-state index contributed by atoms with van der Waals surface area (Å²) in [6, 6.07) is 15.4. The lowest BCUT2D eigenvalue weighted by Gasteiger charge is -2.42. The van der Waals surface area contributed by atoms with E-state index in [4.69, 9.17) is 14.2 Å². The number of aryl methyl sites for hydroxylation is 1. The fourth-order valence-corrected chi connectivity index (χ4v) is 4.17. The zero-order chi connectivity index (χ0) is 21.4. The number of benzene rings is 2. The average Bonchev–Trinajstić information content (AvgIpc) is 3.16. The van der Waals surface area contributed by atoms with Crippen LogP contribution in [0.5, 0.6) is 5.75 Å². The third kappa shape index (κ3) is 4.07. The largest absolute Gasteiger partial charge is 0.490 e. The first-order chi connectivity index (χ1) is 14.3. The molecule has 2 aliphatic heterocycles. The Labute approximate surface area is 176 Å². The third-order valence-electron chi connectivity index (χ3n) is 5.79. The molecule has 2 atom stereocenters. The van der Waals surface area contributed by atoms with Crippen LogP contribution in [0.2, 0.25) is 0 Å². The second-order valence-corrected chi connectivity index (χ2v) is 8.66. The number of carbonyl (C=O) groups is 1. The summed E-state index contributed by atoms with van der Waals surface area (Å²) in [4.78, 5) is 15.0. The number of fused-ring (bicyclic) bond motifs is 1. The number of amides is 1. The number of halogens is 1. The highest BCUT2D eigenvalue weighted by molar-refractivity contribution is 5.94. The Morgan fingerprint density at radius 2 is 2.03 bits per heavy atom. The summed E-state index contributed by atoms with van der Waals surface area (Å²) in [6.07, 6.45) is 0.479. The number of piperidine rings is 1. The van der Waals surface area contributed by atoms with Crippen molar-refractivity contribution in [2.45, 2.75) is 44.6 Å². The van der Waals surface area contributed by atoms with Gasteiger partial charge in [0, 0.05) is 18.5 Å². The molecule has 0 radical (unpaired) electrons. The van der Waals surface area contributed by atoms with E-state index in [1.165, 1.54) is 13.8 Å². The van der Waals surface area contributed by atoms with Gasteiger partial charge in [0.1, 0.15) is 36.5 Å². The van der Waals surface area contributed by atoms with Gasteiger partial charge < -0.3 is 19.1 Å². The Kier molecular flexibility index (Phi) is 5.55. The van der Waals surface area contributed by atoms with Gasteiger partial charge in [-0.25, -0.2) is 4.39 Å². The molecule has 0 aromatic heterocycles. The monoisotopic (exact) mass is 413 g/mol. The molecule has 2 heterocycles. The molecule has 4 rings (SSSR count). The maximum Gasteiger partial charge on any atom is 0.253 e. The van der Waals surface area contributed by atoms with Gasteiger partial charge in [-0.1, -0.05) is 30.3 Å². The molecule has 2 aromatic rings. The van der Waals surface area contributed by atoms with E-state index < -0.39 is 11.3 Å². The molecule has 2 aliphatic rings. The summed E-state index contributed by atoms with van der Waals surface area (Å²) in [5.74, 6) is 0.541. The van der Waals surface area contributed by atoms with Crippen LogP contribution < -0.4 is 4.74 Å². The molecule has 2 saturated heterocycles. The Morgan fingerprint density at radius 1 is 1.27 bits per heavy atom. The maximum absolute atomic E-state index is 13.7. The van der Waals surface area contributed by atoms with Crippen molar-refractivity contribution in [1.82, 2.24) is 4.90 Å². The van der Waals surface area contributed by atoms with E-state index in [1.54, 1.807) is 18.2 Å². The van der Waals surface area contributed by atoms with Crippen molar-refractivity contribution in [1.29, 1.82) is 0 Å². The van der Waals surface area contributed by atoms with Crippen molar-refractivity contribution in [3.05, 3.63) is 65.2 Å². The Morgan fingerprint density at radius 3 is 2.73 bits per heavy atom. The fraction of sp³-hybridized carbons (Fsp3) is 0.458. The van der Waals surface area contributed by atoms with Gasteiger partial charge in [0.2, 0.25) is 0 Å². The van der Waals surface area contributed by atoms with E-state index in [2.05, 4.69) is 12.1 Å². The van der Waals surface area contributed by atoms with E-state index in [-0.39, 0.29) is 25.4 Å². The summed E-state index contributed by atoms with van der Waals surface area (Å²) >= 11 is 0. The molecule has 2 fully saturated rings. The number of nitrogens with zero attached hydrogens (tertiary/aromatic N) is 1. The molecular formula is C24H28FNO4. The van der Waals surface area contributed by atoms with Crippen molar-refractivity contribution in [3.63, 3.8) is 0 Å². The van der Waals surface area contributed by atoms with E-state index in [1.807, 2.05) is 30.0 Å². The standard InChI is InChI=1S/C24H28FNO4/c1-17-13-18(9-10-20(17)28-15-23(2,3)25)22(27)26-12-11-24(19-7-5-4-6-8-19)21(14-26)29-16-30-24/h4-10,13,21H,11-12,14-16H2,1-3H3. The molecule has 160 valence electrons. The maximum atomic E-state index is 13.7. The number of ether oxygens (including phenoxy) is 3. The third-order valence-corrected chi connectivity index (χ3v) is 5.79. The zero-order valence-electron chi connectivity index (χ0n) is 17.7. The van der Waals surface area contributed by atoms with Crippen LogP contribution in [0.15, 0.2) is 48.5 Å². The van der Waals surface area contributed by atoms with Crippen molar-refractivity contribution in [3.8, 4) is 5.75 Å². The van der Waals surface area contributed by atoms with Gasteiger partial charge in [-0.3, -0.25) is 4.79 Å². The van der Waals surface area contributed by atoms with Gasteiger partial charge in [-0.05, 0) is 50.1 Å². The molecule has 0 bridgehead atoms. The smallest absolute Gasteiger partial charge is 0.253 e. The van der Waals surface area contributed by atoms with Gasteiger partial charge >= 0.3 is 0 Å². The molecule has 2 aromatic carbocycles. The summed E-state index contributed by atoms with van der Waals surface area (Å²) in [7, 11) is 0. The predicted octanol–water partition coefficient (Wildman–Crippen LogP) is 4.24. The van der Waals surface area contributed by atoms with Crippen LogP contribution in [0.1, 0.15) is 41.8 Å². The highest BCUT2D eigenvalue weighted by atomic mass is 19.1. The first-order valence-corrected chi connectivity index (χ1v) is 10.3. The number of carbonyl (C=O) groups excluding carboxylic acids is 1. The van der Waals surface area contributed by atoms with E-state index in [0.29, 0.717) is 30.8 Å². The average molecular weight is 413 g/mol. The van der Waals surface area contributed by atoms with Crippen LogP contribution >= 0.6 is 0 Å². The molecular weight excluding hydrogens is 385 g/mol. The number of hydrogen-bond donors (Lipinski definition) is 0. The van der Waals surface area contributed by atoms with Gasteiger partial charge in [0.25, 0.3) is 5.91 Å². The normalized spacial score (nSPS) is 23.9. The van der Waals surface area contributed by atoms with Crippen LogP contribution in [0.3, 0.4) is 0 Å². The van der Waals surface area contributed by atoms with Gasteiger partial charge in [-0.15, -0.1) is 0 Å². The molecule has 0 N–H and O–H groups in total. The molecule has 0 aliphatic carbocycles. The highest BCUT2D eigenvalue weighted by Gasteiger charge is 2.51. The van der Waals surface area contributed by atoms with Crippen LogP contribution in [0.25, 0.3) is 0 Å². The zero-order valence-corrected chi connectivity index (χ0v) is 17.7. The molecule has 5 nitrogen and oxygen atoms in total. The van der Waals surface area contributed by atoms with Crippen LogP contribution in [-0.2, 0) is 15.1 Å². The summed E-state index contributed by atoms with van der Waals surface area (Å²) in [5, 5.41) is 0. The second-order valence-electron chi connectivity index (χ2n) is 8.66. The Balaban J connectivity index is 1.47. The molecule has 6 heteroatoms. The van der Waals surface area contributed by atoms with E-state index in [0.717, 1.165) is 11.1 Å². The molecule has 2 unspecified atom stereocenters. The quantitative estimate of drug-likeness (QED) is 0.736. The van der Waals surface area contributed by atoms with Crippen molar-refractivity contribution >= 4 is 5.91 Å². The van der Waals surface area contributed by atoms with Gasteiger partial charge in [0.05, 0.1) is 6.54 Å². The van der Waals surface area contributed by atoms with Crippen molar-refractivity contribution < 1.29 is 23.4 Å².